The van der Waals surface area contributed by atoms with E-state index in [4.69, 9.17) is 10.1 Å². The minimum atomic E-state index is 0.0482. The average molecular weight is 449 g/mol. The average Bonchev–Trinajstić information content (AvgIpc) is 3.41. The van der Waals surface area contributed by atoms with Crippen LogP contribution in [0, 0.1) is 13.8 Å². The summed E-state index contributed by atoms with van der Waals surface area (Å²) in [6.45, 7) is 9.35. The van der Waals surface area contributed by atoms with Gasteiger partial charge in [-0.25, -0.2) is 9.50 Å². The Labute approximate surface area is 194 Å². The maximum absolute atomic E-state index is 12.7. The predicted molar refractivity (Wildman–Crippen MR) is 126 cm³/mol. The second-order valence-electron chi connectivity index (χ2n) is 9.19. The van der Waals surface area contributed by atoms with E-state index in [1.807, 2.05) is 55.3 Å². The van der Waals surface area contributed by atoms with Crippen molar-refractivity contribution in [3.63, 3.8) is 0 Å². The van der Waals surface area contributed by atoms with Gasteiger partial charge in [0.2, 0.25) is 11.8 Å². The molecule has 2 amide bonds. The molecule has 0 unspecified atom stereocenters. The largest absolute Gasteiger partial charge is 0.354 e. The number of nitrogens with zero attached hydrogens (tertiary/aromatic N) is 5. The van der Waals surface area contributed by atoms with Gasteiger partial charge < -0.3 is 10.2 Å². The zero-order valence-electron chi connectivity index (χ0n) is 19.8. The zero-order valence-corrected chi connectivity index (χ0v) is 19.8. The van der Waals surface area contributed by atoms with Crippen molar-refractivity contribution in [1.29, 1.82) is 0 Å². The third-order valence-electron chi connectivity index (χ3n) is 6.27. The van der Waals surface area contributed by atoms with Crippen molar-refractivity contribution in [2.75, 3.05) is 13.1 Å². The monoisotopic (exact) mass is 448 g/mol. The van der Waals surface area contributed by atoms with Crippen molar-refractivity contribution in [3.05, 3.63) is 58.8 Å². The Bertz CT molecular complexity index is 1150. The number of carbonyl (C=O) groups is 2. The fourth-order valence-electron chi connectivity index (χ4n) is 4.56. The SMILES string of the molecule is Cc1nc2cc([C@H]3CCN(C(=O)Cc4cccnc4)C3)nn2c(C)c1CCC(=O)NC(C)C. The first-order chi connectivity index (χ1) is 15.8. The summed E-state index contributed by atoms with van der Waals surface area (Å²) in [5.74, 6) is 0.373. The molecule has 1 fully saturated rings. The van der Waals surface area contributed by atoms with E-state index >= 15 is 0 Å². The van der Waals surface area contributed by atoms with E-state index in [0.717, 1.165) is 46.8 Å². The number of likely N-dealkylation sites (tertiary alicyclic amines) is 1. The van der Waals surface area contributed by atoms with Gasteiger partial charge in [0, 0.05) is 61.3 Å². The Morgan fingerprint density at radius 2 is 2.09 bits per heavy atom. The molecule has 3 aromatic heterocycles. The second-order valence-corrected chi connectivity index (χ2v) is 9.19. The van der Waals surface area contributed by atoms with E-state index in [1.54, 1.807) is 12.4 Å². The highest BCUT2D eigenvalue weighted by atomic mass is 16.2. The smallest absolute Gasteiger partial charge is 0.227 e. The normalized spacial score (nSPS) is 16.0. The molecule has 8 heteroatoms. The Kier molecular flexibility index (Phi) is 6.72. The molecular formula is C25H32N6O2. The fraction of sp³-hybridized carbons (Fsp3) is 0.480. The lowest BCUT2D eigenvalue weighted by Crippen LogP contribution is -2.30. The highest BCUT2D eigenvalue weighted by molar-refractivity contribution is 5.79. The van der Waals surface area contributed by atoms with Gasteiger partial charge >= 0.3 is 0 Å². The van der Waals surface area contributed by atoms with Gasteiger partial charge in [0.25, 0.3) is 0 Å². The van der Waals surface area contributed by atoms with Gasteiger partial charge in [-0.3, -0.25) is 14.6 Å². The topological polar surface area (TPSA) is 92.5 Å². The molecule has 3 aromatic rings. The Hall–Kier alpha value is -3.29. The van der Waals surface area contributed by atoms with Gasteiger partial charge in [0.05, 0.1) is 12.1 Å². The molecule has 174 valence electrons. The van der Waals surface area contributed by atoms with E-state index in [1.165, 1.54) is 0 Å². The molecule has 1 aliphatic heterocycles. The van der Waals surface area contributed by atoms with Crippen molar-refractivity contribution in [2.45, 2.75) is 65.3 Å². The molecule has 1 saturated heterocycles. The summed E-state index contributed by atoms with van der Waals surface area (Å²) in [5.41, 5.74) is 5.73. The highest BCUT2D eigenvalue weighted by Crippen LogP contribution is 2.28. The summed E-state index contributed by atoms with van der Waals surface area (Å²) in [7, 11) is 0. The van der Waals surface area contributed by atoms with Gasteiger partial charge in [0.15, 0.2) is 5.65 Å². The second kappa shape index (κ2) is 9.68. The zero-order chi connectivity index (χ0) is 23.5. The van der Waals surface area contributed by atoms with Gasteiger partial charge in [0.1, 0.15) is 0 Å². The van der Waals surface area contributed by atoms with Crippen LogP contribution >= 0.6 is 0 Å². The third-order valence-corrected chi connectivity index (χ3v) is 6.27. The number of aromatic nitrogens is 4. The predicted octanol–water partition coefficient (Wildman–Crippen LogP) is 2.76. The van der Waals surface area contributed by atoms with Gasteiger partial charge in [-0.2, -0.15) is 5.10 Å². The quantitative estimate of drug-likeness (QED) is 0.600. The van der Waals surface area contributed by atoms with Crippen molar-refractivity contribution < 1.29 is 9.59 Å². The molecule has 0 bridgehead atoms. The van der Waals surface area contributed by atoms with Crippen LogP contribution in [0.25, 0.3) is 5.65 Å². The van der Waals surface area contributed by atoms with E-state index in [-0.39, 0.29) is 23.8 Å². The highest BCUT2D eigenvalue weighted by Gasteiger charge is 2.29. The molecule has 33 heavy (non-hydrogen) atoms. The lowest BCUT2D eigenvalue weighted by molar-refractivity contribution is -0.129. The van der Waals surface area contributed by atoms with E-state index in [9.17, 15) is 9.59 Å². The summed E-state index contributed by atoms with van der Waals surface area (Å²) < 4.78 is 1.89. The number of fused-ring (bicyclic) bond motifs is 1. The lowest BCUT2D eigenvalue weighted by Gasteiger charge is -2.16. The third kappa shape index (κ3) is 5.21. The minimum absolute atomic E-state index is 0.0482. The molecule has 4 heterocycles. The number of hydrogen-bond donors (Lipinski definition) is 1. The molecule has 1 N–H and O–H groups in total. The number of hydrogen-bond acceptors (Lipinski definition) is 5. The summed E-state index contributed by atoms with van der Waals surface area (Å²) in [4.78, 5) is 35.6. The van der Waals surface area contributed by atoms with Crippen LogP contribution in [-0.4, -0.2) is 55.4 Å². The Morgan fingerprint density at radius 3 is 2.82 bits per heavy atom. The maximum atomic E-state index is 12.7. The van der Waals surface area contributed by atoms with Crippen LogP contribution in [0.3, 0.4) is 0 Å². The fourth-order valence-corrected chi connectivity index (χ4v) is 4.56. The number of pyridine rings is 1. The number of carbonyl (C=O) groups excluding carboxylic acids is 2. The Balaban J connectivity index is 1.46. The van der Waals surface area contributed by atoms with E-state index in [2.05, 4.69) is 10.3 Å². The molecular weight excluding hydrogens is 416 g/mol. The van der Waals surface area contributed by atoms with Crippen molar-refractivity contribution >= 4 is 17.5 Å². The minimum Gasteiger partial charge on any atom is -0.354 e. The molecule has 0 aromatic carbocycles. The van der Waals surface area contributed by atoms with Crippen LogP contribution in [-0.2, 0) is 22.4 Å². The van der Waals surface area contributed by atoms with Crippen molar-refractivity contribution in [1.82, 2.24) is 29.8 Å². The van der Waals surface area contributed by atoms with Crippen LogP contribution in [0.4, 0.5) is 0 Å². The number of aryl methyl sites for hydroxylation is 2. The number of nitrogens with one attached hydrogen (secondary N) is 1. The van der Waals surface area contributed by atoms with Crippen LogP contribution < -0.4 is 5.32 Å². The Morgan fingerprint density at radius 1 is 1.27 bits per heavy atom. The molecule has 1 aliphatic rings. The molecule has 4 rings (SSSR count). The number of amides is 2. The van der Waals surface area contributed by atoms with Crippen LogP contribution in [0.1, 0.15) is 60.8 Å². The van der Waals surface area contributed by atoms with Crippen LogP contribution in [0.15, 0.2) is 30.6 Å². The summed E-state index contributed by atoms with van der Waals surface area (Å²) in [5, 5.41) is 7.80. The van der Waals surface area contributed by atoms with Crippen LogP contribution in [0.2, 0.25) is 0 Å². The first-order valence-corrected chi connectivity index (χ1v) is 11.6. The number of rotatable bonds is 7. The molecule has 8 nitrogen and oxygen atoms in total. The van der Waals surface area contributed by atoms with Gasteiger partial charge in [-0.15, -0.1) is 0 Å². The summed E-state index contributed by atoms with van der Waals surface area (Å²) in [6.07, 6.45) is 5.79. The maximum Gasteiger partial charge on any atom is 0.227 e. The van der Waals surface area contributed by atoms with E-state index in [0.29, 0.717) is 25.8 Å². The first kappa shape index (κ1) is 22.9. The molecule has 0 saturated carbocycles. The van der Waals surface area contributed by atoms with Crippen molar-refractivity contribution in [2.24, 2.45) is 0 Å². The summed E-state index contributed by atoms with van der Waals surface area (Å²) in [6, 6.07) is 5.96. The molecule has 0 spiro atoms. The standard InChI is InChI=1S/C25H32N6O2/c1-16(2)27-24(32)8-7-21-17(3)28-23-13-22(29-31(23)18(21)4)20-9-11-30(15-20)25(33)12-19-6-5-10-26-14-19/h5-6,10,13-14,16,20H,7-9,11-12,15H2,1-4H3,(H,27,32)/t20-/m0/s1. The van der Waals surface area contributed by atoms with Gasteiger partial charge in [-0.05, 0) is 57.7 Å². The lowest BCUT2D eigenvalue weighted by atomic mass is 10.1. The van der Waals surface area contributed by atoms with Crippen molar-refractivity contribution in [3.8, 4) is 0 Å². The first-order valence-electron chi connectivity index (χ1n) is 11.6. The summed E-state index contributed by atoms with van der Waals surface area (Å²) >= 11 is 0. The molecule has 0 radical (unpaired) electrons. The van der Waals surface area contributed by atoms with E-state index < -0.39 is 0 Å². The molecule has 1 atom stereocenters. The molecule has 0 aliphatic carbocycles. The van der Waals surface area contributed by atoms with Gasteiger partial charge in [-0.1, -0.05) is 6.07 Å². The van der Waals surface area contributed by atoms with Crippen LogP contribution in [0.5, 0.6) is 0 Å².